The lowest BCUT2D eigenvalue weighted by Crippen LogP contribution is -2.13. The number of rotatable bonds is 8. The van der Waals surface area contributed by atoms with Crippen LogP contribution in [0.25, 0.3) is 0 Å². The molecule has 0 fully saturated rings. The molecule has 1 N–H and O–H groups in total. The van der Waals surface area contributed by atoms with E-state index in [2.05, 4.69) is 19.2 Å². The van der Waals surface area contributed by atoms with Gasteiger partial charge in [0.1, 0.15) is 18.1 Å². The zero-order valence-corrected chi connectivity index (χ0v) is 9.71. The normalized spacial score (nSPS) is 10.8. The van der Waals surface area contributed by atoms with Gasteiger partial charge in [-0.05, 0) is 31.5 Å². The predicted molar refractivity (Wildman–Crippen MR) is 60.7 cm³/mol. The van der Waals surface area contributed by atoms with E-state index in [1.54, 1.807) is 0 Å². The molecule has 1 rings (SSSR count). The quantitative estimate of drug-likeness (QED) is 0.671. The van der Waals surface area contributed by atoms with Gasteiger partial charge in [0.2, 0.25) is 0 Å². The maximum Gasteiger partial charge on any atom is 0.129 e. The predicted octanol–water partition coefficient (Wildman–Crippen LogP) is 2.71. The second kappa shape index (κ2) is 7.49. The average Bonchev–Trinajstić information content (AvgIpc) is 2.67. The maximum absolute atomic E-state index is 5.59. The van der Waals surface area contributed by atoms with Crippen LogP contribution in [-0.2, 0) is 17.9 Å². The summed E-state index contributed by atoms with van der Waals surface area (Å²) in [5, 5.41) is 3.30. The van der Waals surface area contributed by atoms with Crippen molar-refractivity contribution in [3.63, 3.8) is 0 Å². The lowest BCUT2D eigenvalue weighted by Gasteiger charge is -2.00. The number of hydrogen-bond donors (Lipinski definition) is 1. The number of furan rings is 1. The number of nitrogens with one attached hydrogen (secondary N) is 1. The van der Waals surface area contributed by atoms with Gasteiger partial charge in [-0.3, -0.25) is 0 Å². The van der Waals surface area contributed by atoms with Crippen molar-refractivity contribution in [1.82, 2.24) is 5.32 Å². The van der Waals surface area contributed by atoms with Gasteiger partial charge in [0.15, 0.2) is 0 Å². The summed E-state index contributed by atoms with van der Waals surface area (Å²) in [5.41, 5.74) is 0. The summed E-state index contributed by atoms with van der Waals surface area (Å²) in [5.74, 6) is 1.90. The molecule has 0 spiro atoms. The third-order valence-electron chi connectivity index (χ3n) is 2.04. The van der Waals surface area contributed by atoms with Crippen molar-refractivity contribution in [2.75, 3.05) is 13.2 Å². The Balaban J connectivity index is 2.23. The SMILES string of the molecule is CCCNCc1ccc(COCCC)o1. The molecule has 0 bridgehead atoms. The van der Waals surface area contributed by atoms with E-state index in [4.69, 9.17) is 9.15 Å². The minimum absolute atomic E-state index is 0.585. The first-order valence-electron chi connectivity index (χ1n) is 5.72. The van der Waals surface area contributed by atoms with E-state index in [-0.39, 0.29) is 0 Å². The largest absolute Gasteiger partial charge is 0.462 e. The van der Waals surface area contributed by atoms with Gasteiger partial charge in [-0.15, -0.1) is 0 Å². The molecule has 1 aromatic rings. The molecule has 0 unspecified atom stereocenters. The number of hydrogen-bond acceptors (Lipinski definition) is 3. The minimum atomic E-state index is 0.585. The molecule has 0 aliphatic rings. The minimum Gasteiger partial charge on any atom is -0.462 e. The van der Waals surface area contributed by atoms with E-state index in [9.17, 15) is 0 Å². The highest BCUT2D eigenvalue weighted by Crippen LogP contribution is 2.08. The van der Waals surface area contributed by atoms with E-state index in [1.807, 2.05) is 12.1 Å². The highest BCUT2D eigenvalue weighted by molar-refractivity contribution is 5.06. The molecule has 0 aliphatic heterocycles. The summed E-state index contributed by atoms with van der Waals surface area (Å²) in [4.78, 5) is 0. The van der Waals surface area contributed by atoms with Gasteiger partial charge in [0, 0.05) is 6.61 Å². The molecule has 0 radical (unpaired) electrons. The second-order valence-corrected chi connectivity index (χ2v) is 3.60. The molecule has 1 heterocycles. The standard InChI is InChI=1S/C12H21NO2/c1-3-7-13-9-11-5-6-12(15-11)10-14-8-4-2/h5-6,13H,3-4,7-10H2,1-2H3. The lowest BCUT2D eigenvalue weighted by atomic mass is 10.4. The Kier molecular flexibility index (Phi) is 6.12. The van der Waals surface area contributed by atoms with Crippen LogP contribution in [-0.4, -0.2) is 13.2 Å². The summed E-state index contributed by atoms with van der Waals surface area (Å²) in [7, 11) is 0. The Bertz CT molecular complexity index is 233. The molecule has 3 nitrogen and oxygen atoms in total. The molecule has 15 heavy (non-hydrogen) atoms. The van der Waals surface area contributed by atoms with Gasteiger partial charge >= 0.3 is 0 Å². The van der Waals surface area contributed by atoms with Crippen molar-refractivity contribution in [1.29, 1.82) is 0 Å². The highest BCUT2D eigenvalue weighted by atomic mass is 16.5. The van der Waals surface area contributed by atoms with E-state index in [1.165, 1.54) is 0 Å². The van der Waals surface area contributed by atoms with Crippen molar-refractivity contribution < 1.29 is 9.15 Å². The Morgan fingerprint density at radius 3 is 2.73 bits per heavy atom. The van der Waals surface area contributed by atoms with Gasteiger partial charge in [-0.25, -0.2) is 0 Å². The van der Waals surface area contributed by atoms with Crippen molar-refractivity contribution in [3.05, 3.63) is 23.7 Å². The molecule has 0 amide bonds. The van der Waals surface area contributed by atoms with Crippen LogP contribution in [0.15, 0.2) is 16.5 Å². The van der Waals surface area contributed by atoms with Crippen LogP contribution in [0.5, 0.6) is 0 Å². The van der Waals surface area contributed by atoms with Crippen LogP contribution in [0.2, 0.25) is 0 Å². The molecule has 0 aromatic carbocycles. The van der Waals surface area contributed by atoms with Gasteiger partial charge in [-0.2, -0.15) is 0 Å². The zero-order chi connectivity index (χ0) is 10.9. The smallest absolute Gasteiger partial charge is 0.129 e. The molecule has 1 aromatic heterocycles. The van der Waals surface area contributed by atoms with Crippen LogP contribution in [0, 0.1) is 0 Å². The Morgan fingerprint density at radius 2 is 2.00 bits per heavy atom. The van der Waals surface area contributed by atoms with Crippen molar-refractivity contribution >= 4 is 0 Å². The van der Waals surface area contributed by atoms with Gasteiger partial charge < -0.3 is 14.5 Å². The second-order valence-electron chi connectivity index (χ2n) is 3.60. The van der Waals surface area contributed by atoms with E-state index >= 15 is 0 Å². The van der Waals surface area contributed by atoms with Gasteiger partial charge in [-0.1, -0.05) is 13.8 Å². The fraction of sp³-hybridized carbons (Fsp3) is 0.667. The van der Waals surface area contributed by atoms with E-state index in [0.717, 1.165) is 44.1 Å². The molecule has 0 saturated heterocycles. The zero-order valence-electron chi connectivity index (χ0n) is 9.71. The van der Waals surface area contributed by atoms with Gasteiger partial charge in [0.05, 0.1) is 6.54 Å². The fourth-order valence-corrected chi connectivity index (χ4v) is 1.30. The molecule has 0 aliphatic carbocycles. The first-order chi connectivity index (χ1) is 7.36. The van der Waals surface area contributed by atoms with Crippen molar-refractivity contribution in [2.24, 2.45) is 0 Å². The molecule has 0 atom stereocenters. The Morgan fingerprint density at radius 1 is 1.20 bits per heavy atom. The van der Waals surface area contributed by atoms with Crippen LogP contribution >= 0.6 is 0 Å². The highest BCUT2D eigenvalue weighted by Gasteiger charge is 2.01. The lowest BCUT2D eigenvalue weighted by molar-refractivity contribution is 0.106. The Hall–Kier alpha value is -0.800. The van der Waals surface area contributed by atoms with Crippen LogP contribution < -0.4 is 5.32 Å². The maximum atomic E-state index is 5.59. The summed E-state index contributed by atoms with van der Waals surface area (Å²) in [6.45, 7) is 7.47. The summed E-state index contributed by atoms with van der Waals surface area (Å²) >= 11 is 0. The fourth-order valence-electron chi connectivity index (χ4n) is 1.30. The Labute approximate surface area is 91.8 Å². The number of ether oxygens (including phenoxy) is 1. The van der Waals surface area contributed by atoms with Crippen molar-refractivity contribution in [2.45, 2.75) is 39.8 Å². The first-order valence-corrected chi connectivity index (χ1v) is 5.72. The summed E-state index contributed by atoms with van der Waals surface area (Å²) in [6, 6.07) is 3.99. The molecule has 3 heteroatoms. The molecule has 86 valence electrons. The topological polar surface area (TPSA) is 34.4 Å². The van der Waals surface area contributed by atoms with E-state index in [0.29, 0.717) is 6.61 Å². The first kappa shape index (κ1) is 12.3. The van der Waals surface area contributed by atoms with E-state index < -0.39 is 0 Å². The van der Waals surface area contributed by atoms with Crippen LogP contribution in [0.1, 0.15) is 38.2 Å². The van der Waals surface area contributed by atoms with Crippen LogP contribution in [0.4, 0.5) is 0 Å². The summed E-state index contributed by atoms with van der Waals surface area (Å²) < 4.78 is 11.0. The third kappa shape index (κ3) is 5.00. The molecular weight excluding hydrogens is 190 g/mol. The van der Waals surface area contributed by atoms with Gasteiger partial charge in [0.25, 0.3) is 0 Å². The monoisotopic (exact) mass is 211 g/mol. The third-order valence-corrected chi connectivity index (χ3v) is 2.04. The molecular formula is C12H21NO2. The van der Waals surface area contributed by atoms with Crippen LogP contribution in [0.3, 0.4) is 0 Å². The molecule has 0 saturated carbocycles. The van der Waals surface area contributed by atoms with Crippen molar-refractivity contribution in [3.8, 4) is 0 Å². The average molecular weight is 211 g/mol. The summed E-state index contributed by atoms with van der Waals surface area (Å²) in [6.07, 6.45) is 2.19.